The second kappa shape index (κ2) is 8.48. The van der Waals surface area contributed by atoms with Gasteiger partial charge in [-0.05, 0) is 37.4 Å². The lowest BCUT2D eigenvalue weighted by Gasteiger charge is -2.17. The number of ether oxygens (including phenoxy) is 2. The summed E-state index contributed by atoms with van der Waals surface area (Å²) in [7, 11) is 0. The first kappa shape index (κ1) is 15.4. The van der Waals surface area contributed by atoms with Crippen molar-refractivity contribution in [3.05, 3.63) is 30.1 Å². The molecule has 0 saturated heterocycles. The summed E-state index contributed by atoms with van der Waals surface area (Å²) < 4.78 is 22.9. The summed E-state index contributed by atoms with van der Waals surface area (Å²) in [5.74, 6) is -0.312. The second-order valence-corrected chi connectivity index (χ2v) is 3.99. The molecule has 0 aliphatic rings. The molecule has 1 rings (SSSR count). The summed E-state index contributed by atoms with van der Waals surface area (Å²) in [6.07, 6.45) is 0. The number of likely N-dealkylation sites (N-methyl/N-ethyl adjacent to an activating group) is 1. The summed E-state index contributed by atoms with van der Waals surface area (Å²) in [5, 5.41) is 0. The Hall–Kier alpha value is -1.62. The monoisotopic (exact) mass is 269 g/mol. The highest BCUT2D eigenvalue weighted by atomic mass is 19.1. The minimum absolute atomic E-state index is 0.163. The Morgan fingerprint density at radius 3 is 2.42 bits per heavy atom. The molecule has 0 bridgehead atoms. The number of carbonyl (C=O) groups excluding carboxylic acids is 1. The van der Waals surface area contributed by atoms with Crippen molar-refractivity contribution in [3.63, 3.8) is 0 Å². The fourth-order valence-corrected chi connectivity index (χ4v) is 1.54. The number of nitrogens with zero attached hydrogens (tertiary/aromatic N) is 1. The van der Waals surface area contributed by atoms with Gasteiger partial charge >= 0.3 is 5.97 Å². The second-order valence-electron chi connectivity index (χ2n) is 3.99. The number of carbonyl (C=O) groups is 1. The minimum atomic E-state index is -0.420. The lowest BCUT2D eigenvalue weighted by molar-refractivity contribution is -0.146. The van der Waals surface area contributed by atoms with Crippen LogP contribution in [0.1, 0.15) is 13.8 Å². The average molecular weight is 269 g/mol. The first-order valence-electron chi connectivity index (χ1n) is 6.42. The normalized spacial score (nSPS) is 10.5. The van der Waals surface area contributed by atoms with Crippen molar-refractivity contribution in [3.8, 4) is 5.75 Å². The Labute approximate surface area is 113 Å². The van der Waals surface area contributed by atoms with Crippen molar-refractivity contribution in [1.29, 1.82) is 0 Å². The summed E-state index contributed by atoms with van der Waals surface area (Å²) in [6.45, 7) is 6.89. The summed E-state index contributed by atoms with van der Waals surface area (Å²) in [6, 6.07) is 5.50. The molecule has 106 valence electrons. The van der Waals surface area contributed by atoms with Gasteiger partial charge in [0.25, 0.3) is 0 Å². The van der Waals surface area contributed by atoms with Gasteiger partial charge in [0.1, 0.15) is 18.2 Å². The van der Waals surface area contributed by atoms with Gasteiger partial charge in [0, 0.05) is 6.54 Å². The van der Waals surface area contributed by atoms with Crippen LogP contribution in [0.5, 0.6) is 5.75 Å². The lowest BCUT2D eigenvalue weighted by Crippen LogP contribution is -2.28. The van der Waals surface area contributed by atoms with Crippen LogP contribution >= 0.6 is 0 Å². The molecule has 0 aliphatic carbocycles. The van der Waals surface area contributed by atoms with E-state index in [9.17, 15) is 9.18 Å². The summed E-state index contributed by atoms with van der Waals surface area (Å²) in [5.41, 5.74) is 0. The van der Waals surface area contributed by atoms with Crippen molar-refractivity contribution in [2.45, 2.75) is 13.8 Å². The SMILES string of the molecule is CCN(CC)CCOC(=O)COc1ccc(F)cc1. The molecule has 0 saturated carbocycles. The van der Waals surface area contributed by atoms with Gasteiger partial charge in [0.05, 0.1) is 0 Å². The van der Waals surface area contributed by atoms with Gasteiger partial charge in [-0.2, -0.15) is 0 Å². The van der Waals surface area contributed by atoms with Crippen LogP contribution in [0, 0.1) is 5.82 Å². The minimum Gasteiger partial charge on any atom is -0.482 e. The van der Waals surface area contributed by atoms with Crippen LogP contribution in [0.3, 0.4) is 0 Å². The lowest BCUT2D eigenvalue weighted by atomic mass is 10.3. The zero-order chi connectivity index (χ0) is 14.1. The largest absolute Gasteiger partial charge is 0.482 e. The summed E-state index contributed by atoms with van der Waals surface area (Å²) >= 11 is 0. The van der Waals surface area contributed by atoms with Gasteiger partial charge in [0.2, 0.25) is 0 Å². The van der Waals surface area contributed by atoms with Gasteiger partial charge in [-0.3, -0.25) is 0 Å². The Balaban J connectivity index is 2.19. The third-order valence-electron chi connectivity index (χ3n) is 2.74. The molecule has 0 unspecified atom stereocenters. The quantitative estimate of drug-likeness (QED) is 0.677. The van der Waals surface area contributed by atoms with Gasteiger partial charge < -0.3 is 14.4 Å². The number of halogens is 1. The number of rotatable bonds is 8. The van der Waals surface area contributed by atoms with Crippen LogP contribution in [-0.2, 0) is 9.53 Å². The van der Waals surface area contributed by atoms with E-state index in [4.69, 9.17) is 9.47 Å². The van der Waals surface area contributed by atoms with E-state index in [1.165, 1.54) is 24.3 Å². The highest BCUT2D eigenvalue weighted by Crippen LogP contribution is 2.10. The fraction of sp³-hybridized carbons (Fsp3) is 0.500. The molecule has 1 aromatic rings. The molecule has 0 heterocycles. The number of hydrogen-bond acceptors (Lipinski definition) is 4. The van der Waals surface area contributed by atoms with Gasteiger partial charge in [-0.1, -0.05) is 13.8 Å². The van der Waals surface area contributed by atoms with E-state index >= 15 is 0 Å². The molecular weight excluding hydrogens is 249 g/mol. The standard InChI is InChI=1S/C14H20FNO3/c1-3-16(4-2)9-10-18-14(17)11-19-13-7-5-12(15)6-8-13/h5-8H,3-4,9-11H2,1-2H3. The van der Waals surface area contributed by atoms with Crippen molar-refractivity contribution >= 4 is 5.97 Å². The predicted octanol–water partition coefficient (Wildman–Crippen LogP) is 2.09. The molecule has 0 N–H and O–H groups in total. The van der Waals surface area contributed by atoms with E-state index in [-0.39, 0.29) is 12.4 Å². The molecule has 0 fully saturated rings. The maximum atomic E-state index is 12.6. The summed E-state index contributed by atoms with van der Waals surface area (Å²) in [4.78, 5) is 13.6. The highest BCUT2D eigenvalue weighted by Gasteiger charge is 2.06. The van der Waals surface area contributed by atoms with Gasteiger partial charge in [0.15, 0.2) is 6.61 Å². The molecule has 0 aliphatic heterocycles. The van der Waals surface area contributed by atoms with Crippen molar-refractivity contribution < 1.29 is 18.7 Å². The average Bonchev–Trinajstić information content (AvgIpc) is 2.43. The van der Waals surface area contributed by atoms with Crippen LogP contribution in [0.15, 0.2) is 24.3 Å². The van der Waals surface area contributed by atoms with E-state index in [0.717, 1.165) is 19.6 Å². The zero-order valence-electron chi connectivity index (χ0n) is 11.4. The van der Waals surface area contributed by atoms with E-state index in [0.29, 0.717) is 12.4 Å². The van der Waals surface area contributed by atoms with Crippen molar-refractivity contribution in [2.24, 2.45) is 0 Å². The van der Waals surface area contributed by atoms with Crippen LogP contribution in [-0.4, -0.2) is 43.7 Å². The van der Waals surface area contributed by atoms with E-state index < -0.39 is 5.97 Å². The Bertz CT molecular complexity index is 377. The highest BCUT2D eigenvalue weighted by molar-refractivity contribution is 5.71. The maximum Gasteiger partial charge on any atom is 0.344 e. The molecular formula is C14H20FNO3. The van der Waals surface area contributed by atoms with E-state index in [1.807, 2.05) is 0 Å². The van der Waals surface area contributed by atoms with Crippen LogP contribution < -0.4 is 4.74 Å². The molecule has 0 amide bonds. The Kier molecular flexibility index (Phi) is 6.89. The van der Waals surface area contributed by atoms with E-state index in [2.05, 4.69) is 18.7 Å². The number of esters is 1. The zero-order valence-corrected chi connectivity index (χ0v) is 11.4. The van der Waals surface area contributed by atoms with E-state index in [1.54, 1.807) is 0 Å². The first-order valence-corrected chi connectivity index (χ1v) is 6.42. The van der Waals surface area contributed by atoms with Crippen LogP contribution in [0.2, 0.25) is 0 Å². The van der Waals surface area contributed by atoms with Crippen LogP contribution in [0.25, 0.3) is 0 Å². The molecule has 0 radical (unpaired) electrons. The van der Waals surface area contributed by atoms with Crippen LogP contribution in [0.4, 0.5) is 4.39 Å². The first-order chi connectivity index (χ1) is 9.15. The Morgan fingerprint density at radius 1 is 1.21 bits per heavy atom. The fourth-order valence-electron chi connectivity index (χ4n) is 1.54. The third kappa shape index (κ3) is 6.20. The molecule has 19 heavy (non-hydrogen) atoms. The number of hydrogen-bond donors (Lipinski definition) is 0. The van der Waals surface area contributed by atoms with Gasteiger partial charge in [-0.25, -0.2) is 9.18 Å². The third-order valence-corrected chi connectivity index (χ3v) is 2.74. The smallest absolute Gasteiger partial charge is 0.344 e. The molecule has 0 atom stereocenters. The molecule has 0 aromatic heterocycles. The predicted molar refractivity (Wildman–Crippen MR) is 70.6 cm³/mol. The van der Waals surface area contributed by atoms with Crippen molar-refractivity contribution in [2.75, 3.05) is 32.8 Å². The molecule has 0 spiro atoms. The molecule has 5 heteroatoms. The molecule has 1 aromatic carbocycles. The maximum absolute atomic E-state index is 12.6. The topological polar surface area (TPSA) is 38.8 Å². The number of benzene rings is 1. The van der Waals surface area contributed by atoms with Gasteiger partial charge in [-0.15, -0.1) is 0 Å². The van der Waals surface area contributed by atoms with Crippen molar-refractivity contribution in [1.82, 2.24) is 4.90 Å². The Morgan fingerprint density at radius 2 is 1.84 bits per heavy atom. The molecule has 4 nitrogen and oxygen atoms in total.